The fraction of sp³-hybridized carbons (Fsp3) is 0.692. The van der Waals surface area contributed by atoms with Gasteiger partial charge in [0.05, 0.1) is 13.2 Å². The van der Waals surface area contributed by atoms with Gasteiger partial charge in [0.25, 0.3) is 0 Å². The van der Waals surface area contributed by atoms with Crippen molar-refractivity contribution in [2.24, 2.45) is 11.3 Å². The molecule has 0 aromatic carbocycles. The van der Waals surface area contributed by atoms with Crippen LogP contribution >= 0.6 is 0 Å². The lowest BCUT2D eigenvalue weighted by Crippen LogP contribution is -2.47. The fourth-order valence-electron chi connectivity index (χ4n) is 2.14. The molecule has 0 saturated carbocycles. The first-order chi connectivity index (χ1) is 8.09. The summed E-state index contributed by atoms with van der Waals surface area (Å²) in [5.74, 6) is -1.02. The maximum absolute atomic E-state index is 12.1. The predicted molar refractivity (Wildman–Crippen MR) is 63.2 cm³/mol. The molecule has 0 spiro atoms. The molecule has 1 aliphatic rings. The standard InChI is InChI=1S/C13H20O4/c1-4-16-11(14)13(12(15)17-5-2)9-7-6-8-10(13)3/h6-7,10H,4-5,8-9H2,1-3H3. The van der Waals surface area contributed by atoms with Gasteiger partial charge in [0.1, 0.15) is 0 Å². The maximum Gasteiger partial charge on any atom is 0.324 e. The monoisotopic (exact) mass is 240 g/mol. The smallest absolute Gasteiger partial charge is 0.324 e. The van der Waals surface area contributed by atoms with E-state index in [0.717, 1.165) is 0 Å². The van der Waals surface area contributed by atoms with E-state index < -0.39 is 17.4 Å². The molecule has 96 valence electrons. The first-order valence-electron chi connectivity index (χ1n) is 6.09. The Morgan fingerprint density at radius 1 is 1.18 bits per heavy atom. The van der Waals surface area contributed by atoms with Gasteiger partial charge in [0.15, 0.2) is 5.41 Å². The van der Waals surface area contributed by atoms with Crippen LogP contribution in [0.25, 0.3) is 0 Å². The Kier molecular flexibility index (Phi) is 4.73. The van der Waals surface area contributed by atoms with Crippen molar-refractivity contribution in [3.8, 4) is 0 Å². The molecular formula is C13H20O4. The molecule has 0 aromatic rings. The third-order valence-electron chi connectivity index (χ3n) is 3.22. The van der Waals surface area contributed by atoms with Gasteiger partial charge in [-0.1, -0.05) is 19.1 Å². The highest BCUT2D eigenvalue weighted by molar-refractivity contribution is 6.00. The number of allylic oxidation sites excluding steroid dienone is 2. The molecule has 17 heavy (non-hydrogen) atoms. The second kappa shape index (κ2) is 5.84. The molecule has 0 aliphatic heterocycles. The summed E-state index contributed by atoms with van der Waals surface area (Å²) in [6, 6.07) is 0. The molecule has 1 aliphatic carbocycles. The molecule has 1 unspecified atom stereocenters. The van der Waals surface area contributed by atoms with Crippen LogP contribution in [-0.2, 0) is 19.1 Å². The molecule has 0 radical (unpaired) electrons. The van der Waals surface area contributed by atoms with Crippen LogP contribution in [0.2, 0.25) is 0 Å². The molecule has 0 aromatic heterocycles. The van der Waals surface area contributed by atoms with Gasteiger partial charge in [-0.05, 0) is 32.6 Å². The van der Waals surface area contributed by atoms with Gasteiger partial charge < -0.3 is 9.47 Å². The fourth-order valence-corrected chi connectivity index (χ4v) is 2.14. The van der Waals surface area contributed by atoms with Crippen molar-refractivity contribution in [1.82, 2.24) is 0 Å². The van der Waals surface area contributed by atoms with Crippen molar-refractivity contribution in [1.29, 1.82) is 0 Å². The molecule has 0 N–H and O–H groups in total. The minimum Gasteiger partial charge on any atom is -0.465 e. The Hall–Kier alpha value is -1.32. The number of ether oxygens (including phenoxy) is 2. The highest BCUT2D eigenvalue weighted by Gasteiger charge is 2.52. The van der Waals surface area contributed by atoms with Crippen LogP contribution < -0.4 is 0 Å². The van der Waals surface area contributed by atoms with Crippen LogP contribution in [0.15, 0.2) is 12.2 Å². The zero-order chi connectivity index (χ0) is 12.9. The third kappa shape index (κ3) is 2.51. The Balaban J connectivity index is 3.03. The Morgan fingerprint density at radius 3 is 2.12 bits per heavy atom. The number of esters is 2. The normalized spacial score (nSPS) is 21.9. The van der Waals surface area contributed by atoms with Crippen LogP contribution in [0.5, 0.6) is 0 Å². The van der Waals surface area contributed by atoms with Crippen LogP contribution in [0.1, 0.15) is 33.6 Å². The van der Waals surface area contributed by atoms with E-state index in [1.165, 1.54) is 0 Å². The Morgan fingerprint density at radius 2 is 1.71 bits per heavy atom. The van der Waals surface area contributed by atoms with Crippen molar-refractivity contribution in [3.63, 3.8) is 0 Å². The quantitative estimate of drug-likeness (QED) is 0.429. The van der Waals surface area contributed by atoms with Gasteiger partial charge in [0, 0.05) is 0 Å². The largest absolute Gasteiger partial charge is 0.465 e. The molecule has 1 atom stereocenters. The number of hydrogen-bond acceptors (Lipinski definition) is 4. The average molecular weight is 240 g/mol. The molecule has 0 amide bonds. The minimum absolute atomic E-state index is 0.0920. The van der Waals surface area contributed by atoms with Gasteiger partial charge >= 0.3 is 11.9 Å². The first kappa shape index (κ1) is 13.7. The lowest BCUT2D eigenvalue weighted by Gasteiger charge is -2.35. The van der Waals surface area contributed by atoms with Gasteiger partial charge in [-0.2, -0.15) is 0 Å². The first-order valence-corrected chi connectivity index (χ1v) is 6.09. The van der Waals surface area contributed by atoms with Crippen LogP contribution in [-0.4, -0.2) is 25.2 Å². The van der Waals surface area contributed by atoms with Gasteiger partial charge in [-0.3, -0.25) is 9.59 Å². The van der Waals surface area contributed by atoms with Crippen molar-refractivity contribution >= 4 is 11.9 Å². The molecular weight excluding hydrogens is 220 g/mol. The number of carbonyl (C=O) groups excluding carboxylic acids is 2. The van der Waals surface area contributed by atoms with E-state index in [4.69, 9.17) is 9.47 Å². The zero-order valence-electron chi connectivity index (χ0n) is 10.7. The second-order valence-corrected chi connectivity index (χ2v) is 4.22. The van der Waals surface area contributed by atoms with E-state index in [2.05, 4.69) is 0 Å². The summed E-state index contributed by atoms with van der Waals surface area (Å²) in [5.41, 5.74) is -1.15. The van der Waals surface area contributed by atoms with Crippen LogP contribution in [0, 0.1) is 11.3 Å². The predicted octanol–water partition coefficient (Wildman–Crippen LogP) is 2.09. The lowest BCUT2D eigenvalue weighted by molar-refractivity contribution is -0.176. The zero-order valence-corrected chi connectivity index (χ0v) is 10.7. The molecule has 0 saturated heterocycles. The maximum atomic E-state index is 12.1. The SMILES string of the molecule is CCOC(=O)C1(C(=O)OCC)CC=CCC1C. The Bertz CT molecular complexity index is 301. The molecule has 4 nitrogen and oxygen atoms in total. The van der Waals surface area contributed by atoms with E-state index in [1.54, 1.807) is 13.8 Å². The molecule has 1 rings (SSSR count). The average Bonchev–Trinajstić information content (AvgIpc) is 2.30. The summed E-state index contributed by atoms with van der Waals surface area (Å²) in [6.45, 7) is 5.91. The van der Waals surface area contributed by atoms with Crippen LogP contribution in [0.4, 0.5) is 0 Å². The summed E-state index contributed by atoms with van der Waals surface area (Å²) < 4.78 is 10.1. The topological polar surface area (TPSA) is 52.6 Å². The van der Waals surface area contributed by atoms with E-state index in [9.17, 15) is 9.59 Å². The summed E-state index contributed by atoms with van der Waals surface area (Å²) in [7, 11) is 0. The van der Waals surface area contributed by atoms with Crippen LogP contribution in [0.3, 0.4) is 0 Å². The summed E-state index contributed by atoms with van der Waals surface area (Å²) >= 11 is 0. The van der Waals surface area contributed by atoms with Crippen molar-refractivity contribution in [2.75, 3.05) is 13.2 Å². The molecule has 4 heteroatoms. The number of rotatable bonds is 4. The second-order valence-electron chi connectivity index (χ2n) is 4.22. The van der Waals surface area contributed by atoms with E-state index in [-0.39, 0.29) is 19.1 Å². The Labute approximate surface area is 102 Å². The highest BCUT2D eigenvalue weighted by Crippen LogP contribution is 2.40. The van der Waals surface area contributed by atoms with Gasteiger partial charge in [-0.25, -0.2) is 0 Å². The minimum atomic E-state index is -1.15. The lowest BCUT2D eigenvalue weighted by atomic mass is 9.69. The van der Waals surface area contributed by atoms with E-state index >= 15 is 0 Å². The molecule has 0 fully saturated rings. The van der Waals surface area contributed by atoms with Gasteiger partial charge in [0.2, 0.25) is 0 Å². The summed E-state index contributed by atoms with van der Waals surface area (Å²) in [4.78, 5) is 24.2. The number of carbonyl (C=O) groups is 2. The number of hydrogen-bond donors (Lipinski definition) is 0. The van der Waals surface area contributed by atoms with Gasteiger partial charge in [-0.15, -0.1) is 0 Å². The van der Waals surface area contributed by atoms with Crippen molar-refractivity contribution in [3.05, 3.63) is 12.2 Å². The van der Waals surface area contributed by atoms with E-state index in [1.807, 2.05) is 19.1 Å². The van der Waals surface area contributed by atoms with Crippen molar-refractivity contribution < 1.29 is 19.1 Å². The summed E-state index contributed by atoms with van der Waals surface area (Å²) in [5, 5.41) is 0. The van der Waals surface area contributed by atoms with E-state index in [0.29, 0.717) is 12.8 Å². The van der Waals surface area contributed by atoms with Crippen molar-refractivity contribution in [2.45, 2.75) is 33.6 Å². The highest BCUT2D eigenvalue weighted by atomic mass is 16.6. The molecule has 0 bridgehead atoms. The summed E-state index contributed by atoms with van der Waals surface area (Å²) in [6.07, 6.45) is 4.90. The third-order valence-corrected chi connectivity index (χ3v) is 3.22. The molecule has 0 heterocycles.